The van der Waals surface area contributed by atoms with Crippen molar-refractivity contribution in [2.75, 3.05) is 5.75 Å². The second-order valence-electron chi connectivity index (χ2n) is 3.89. The molecular weight excluding hydrogens is 221 g/mol. The first kappa shape index (κ1) is 13.5. The molecule has 0 heterocycles. The van der Waals surface area contributed by atoms with Crippen molar-refractivity contribution in [1.29, 1.82) is 0 Å². The minimum absolute atomic E-state index is 0.119. The van der Waals surface area contributed by atoms with Crippen molar-refractivity contribution in [3.05, 3.63) is 35.1 Å². The highest BCUT2D eigenvalue weighted by atomic mass is 32.2. The highest BCUT2D eigenvalue weighted by Gasteiger charge is 2.02. The van der Waals surface area contributed by atoms with Gasteiger partial charge >= 0.3 is 0 Å². The minimum Gasteiger partial charge on any atom is -0.326 e. The molecule has 0 aliphatic rings. The average molecular weight is 241 g/mol. The van der Waals surface area contributed by atoms with E-state index in [1.807, 2.05) is 12.1 Å². The predicted octanol–water partition coefficient (Wildman–Crippen LogP) is 3.71. The van der Waals surface area contributed by atoms with Gasteiger partial charge in [0.1, 0.15) is 5.82 Å². The summed E-state index contributed by atoms with van der Waals surface area (Å²) in [6, 6.07) is 5.30. The van der Waals surface area contributed by atoms with Gasteiger partial charge in [-0.25, -0.2) is 4.39 Å². The molecule has 2 N–H and O–H groups in total. The molecule has 90 valence electrons. The lowest BCUT2D eigenvalue weighted by atomic mass is 10.1. The largest absolute Gasteiger partial charge is 0.326 e. The molecule has 0 radical (unpaired) electrons. The lowest BCUT2D eigenvalue weighted by Crippen LogP contribution is -1.98. The van der Waals surface area contributed by atoms with Crippen LogP contribution in [0.15, 0.2) is 18.2 Å². The molecule has 0 aliphatic heterocycles. The Hall–Kier alpha value is -0.540. The Morgan fingerprint density at radius 3 is 2.75 bits per heavy atom. The summed E-state index contributed by atoms with van der Waals surface area (Å²) in [5, 5.41) is 0. The summed E-state index contributed by atoms with van der Waals surface area (Å²) in [5.74, 6) is 1.76. The maximum absolute atomic E-state index is 13.5. The molecule has 0 saturated carbocycles. The average Bonchev–Trinajstić information content (AvgIpc) is 2.30. The summed E-state index contributed by atoms with van der Waals surface area (Å²) in [6.07, 6.45) is 3.73. The van der Waals surface area contributed by atoms with Crippen molar-refractivity contribution in [3.63, 3.8) is 0 Å². The maximum atomic E-state index is 13.5. The van der Waals surface area contributed by atoms with Crippen LogP contribution >= 0.6 is 11.8 Å². The summed E-state index contributed by atoms with van der Waals surface area (Å²) >= 11 is 1.80. The Labute approximate surface area is 102 Å². The minimum atomic E-state index is -0.119. The maximum Gasteiger partial charge on any atom is 0.127 e. The molecule has 0 aliphatic carbocycles. The molecule has 1 nitrogen and oxygen atoms in total. The summed E-state index contributed by atoms with van der Waals surface area (Å²) in [5.41, 5.74) is 7.10. The van der Waals surface area contributed by atoms with Gasteiger partial charge in [-0.3, -0.25) is 0 Å². The molecule has 0 aromatic heterocycles. The summed E-state index contributed by atoms with van der Waals surface area (Å²) in [7, 11) is 0. The highest BCUT2D eigenvalue weighted by molar-refractivity contribution is 7.98. The molecule has 0 fully saturated rings. The third-order valence-corrected chi connectivity index (χ3v) is 3.60. The normalized spacial score (nSPS) is 10.7. The lowest BCUT2D eigenvalue weighted by Gasteiger charge is -2.05. The smallest absolute Gasteiger partial charge is 0.127 e. The van der Waals surface area contributed by atoms with Crippen LogP contribution in [0.3, 0.4) is 0 Å². The van der Waals surface area contributed by atoms with Gasteiger partial charge in [0.15, 0.2) is 0 Å². The number of nitrogens with two attached hydrogens (primary N) is 1. The van der Waals surface area contributed by atoms with Crippen LogP contribution < -0.4 is 5.73 Å². The number of halogens is 1. The van der Waals surface area contributed by atoms with Gasteiger partial charge in [-0.05, 0) is 29.4 Å². The van der Waals surface area contributed by atoms with Gasteiger partial charge in [0.2, 0.25) is 0 Å². The molecule has 0 spiro atoms. The lowest BCUT2D eigenvalue weighted by molar-refractivity contribution is 0.615. The molecule has 1 aromatic rings. The SMILES string of the molecule is CCCCCSCc1ccc(CN)cc1F. The molecule has 3 heteroatoms. The number of benzene rings is 1. The Kier molecular flexibility index (Phi) is 6.50. The Morgan fingerprint density at radius 2 is 2.12 bits per heavy atom. The first-order chi connectivity index (χ1) is 7.77. The first-order valence-corrected chi connectivity index (χ1v) is 6.98. The standard InChI is InChI=1S/C13H20FNS/c1-2-3-4-7-16-10-12-6-5-11(9-15)8-13(12)14/h5-6,8H,2-4,7,9-10,15H2,1H3. The van der Waals surface area contributed by atoms with Crippen molar-refractivity contribution in [2.24, 2.45) is 5.73 Å². The summed E-state index contributed by atoms with van der Waals surface area (Å²) in [6.45, 7) is 2.59. The van der Waals surface area contributed by atoms with Gasteiger partial charge in [0.05, 0.1) is 0 Å². The number of hydrogen-bond donors (Lipinski definition) is 1. The monoisotopic (exact) mass is 241 g/mol. The topological polar surface area (TPSA) is 26.0 Å². The van der Waals surface area contributed by atoms with Crippen molar-refractivity contribution in [3.8, 4) is 0 Å². The first-order valence-electron chi connectivity index (χ1n) is 5.83. The van der Waals surface area contributed by atoms with E-state index in [9.17, 15) is 4.39 Å². The van der Waals surface area contributed by atoms with E-state index in [1.54, 1.807) is 17.8 Å². The molecule has 0 atom stereocenters. The number of rotatable bonds is 7. The van der Waals surface area contributed by atoms with E-state index >= 15 is 0 Å². The van der Waals surface area contributed by atoms with Gasteiger partial charge in [0.25, 0.3) is 0 Å². The fourth-order valence-corrected chi connectivity index (χ4v) is 2.48. The van der Waals surface area contributed by atoms with Crippen molar-refractivity contribution in [2.45, 2.75) is 38.5 Å². The van der Waals surface area contributed by atoms with E-state index in [4.69, 9.17) is 5.73 Å². The van der Waals surface area contributed by atoms with E-state index in [0.29, 0.717) is 6.54 Å². The summed E-state index contributed by atoms with van der Waals surface area (Å²) in [4.78, 5) is 0. The zero-order valence-electron chi connectivity index (χ0n) is 9.84. The predicted molar refractivity (Wildman–Crippen MR) is 70.0 cm³/mol. The van der Waals surface area contributed by atoms with E-state index in [-0.39, 0.29) is 5.82 Å². The van der Waals surface area contributed by atoms with Gasteiger partial charge in [-0.2, -0.15) is 11.8 Å². The molecule has 1 rings (SSSR count). The van der Waals surface area contributed by atoms with Crippen LogP contribution in [-0.2, 0) is 12.3 Å². The van der Waals surface area contributed by atoms with Crippen LogP contribution in [0, 0.1) is 5.82 Å². The molecule has 0 unspecified atom stereocenters. The Bertz CT molecular complexity index is 315. The number of hydrogen-bond acceptors (Lipinski definition) is 2. The summed E-state index contributed by atoms with van der Waals surface area (Å²) < 4.78 is 13.5. The van der Waals surface area contributed by atoms with Gasteiger partial charge in [0, 0.05) is 12.3 Å². The third-order valence-electron chi connectivity index (χ3n) is 2.50. The second kappa shape index (κ2) is 7.69. The van der Waals surface area contributed by atoms with Crippen molar-refractivity contribution < 1.29 is 4.39 Å². The van der Waals surface area contributed by atoms with Crippen LogP contribution in [0.25, 0.3) is 0 Å². The van der Waals surface area contributed by atoms with Crippen molar-refractivity contribution >= 4 is 11.8 Å². The van der Waals surface area contributed by atoms with Crippen LogP contribution in [0.1, 0.15) is 37.3 Å². The Balaban J connectivity index is 2.36. The molecular formula is C13H20FNS. The second-order valence-corrected chi connectivity index (χ2v) is 4.99. The third kappa shape index (κ3) is 4.54. The zero-order chi connectivity index (χ0) is 11.8. The van der Waals surface area contributed by atoms with E-state index in [1.165, 1.54) is 19.3 Å². The van der Waals surface area contributed by atoms with Crippen molar-refractivity contribution in [1.82, 2.24) is 0 Å². The number of unbranched alkanes of at least 4 members (excludes halogenated alkanes) is 2. The van der Waals surface area contributed by atoms with Crippen LogP contribution in [0.2, 0.25) is 0 Å². The van der Waals surface area contributed by atoms with E-state index < -0.39 is 0 Å². The van der Waals surface area contributed by atoms with Gasteiger partial charge in [-0.1, -0.05) is 31.9 Å². The molecule has 0 saturated heterocycles. The highest BCUT2D eigenvalue weighted by Crippen LogP contribution is 2.18. The number of thioether (sulfide) groups is 1. The Morgan fingerprint density at radius 1 is 1.31 bits per heavy atom. The van der Waals surface area contributed by atoms with E-state index in [2.05, 4.69) is 6.92 Å². The molecule has 0 bridgehead atoms. The van der Waals surface area contributed by atoms with Gasteiger partial charge in [-0.15, -0.1) is 0 Å². The molecule has 1 aromatic carbocycles. The van der Waals surface area contributed by atoms with E-state index in [0.717, 1.165) is 22.6 Å². The molecule has 16 heavy (non-hydrogen) atoms. The zero-order valence-corrected chi connectivity index (χ0v) is 10.7. The quantitative estimate of drug-likeness (QED) is 0.736. The van der Waals surface area contributed by atoms with Crippen LogP contribution in [0.4, 0.5) is 4.39 Å². The molecule has 0 amide bonds. The van der Waals surface area contributed by atoms with Crippen LogP contribution in [-0.4, -0.2) is 5.75 Å². The fourth-order valence-electron chi connectivity index (χ4n) is 1.47. The van der Waals surface area contributed by atoms with Gasteiger partial charge < -0.3 is 5.73 Å². The van der Waals surface area contributed by atoms with Crippen LogP contribution in [0.5, 0.6) is 0 Å². The fraction of sp³-hybridized carbons (Fsp3) is 0.538.